The molecule has 1 aromatic carbocycles. The molecule has 0 unspecified atom stereocenters. The minimum atomic E-state index is 0.335. The van der Waals surface area contributed by atoms with Crippen LogP contribution in [-0.2, 0) is 6.54 Å². The lowest BCUT2D eigenvalue weighted by Crippen LogP contribution is -2.10. The number of hydrogen-bond donors (Lipinski definition) is 1. The third-order valence-electron chi connectivity index (χ3n) is 2.70. The molecule has 0 fully saturated rings. The number of halogens is 2. The molecule has 0 spiro atoms. The van der Waals surface area contributed by atoms with E-state index in [0.29, 0.717) is 21.6 Å². The summed E-state index contributed by atoms with van der Waals surface area (Å²) in [6.07, 6.45) is 1.62. The van der Waals surface area contributed by atoms with E-state index in [1.807, 2.05) is 19.1 Å². The molecule has 6 heteroatoms. The summed E-state index contributed by atoms with van der Waals surface area (Å²) in [6.45, 7) is 2.47. The van der Waals surface area contributed by atoms with Gasteiger partial charge >= 0.3 is 0 Å². The number of nitrogens with two attached hydrogens (primary N) is 1. The number of hydrogen-bond acceptors (Lipinski definition) is 2. The van der Waals surface area contributed by atoms with Gasteiger partial charge in [-0.2, -0.15) is 5.10 Å². The van der Waals surface area contributed by atoms with E-state index in [9.17, 15) is 0 Å². The quantitative estimate of drug-likeness (QED) is 0.885. The van der Waals surface area contributed by atoms with Crippen LogP contribution in [0.5, 0.6) is 0 Å². The highest BCUT2D eigenvalue weighted by molar-refractivity contribution is 7.80. The Balaban J connectivity index is 2.30. The third kappa shape index (κ3) is 2.66. The van der Waals surface area contributed by atoms with Gasteiger partial charge in [0.05, 0.1) is 23.5 Å². The van der Waals surface area contributed by atoms with Crippen LogP contribution in [0.4, 0.5) is 0 Å². The minimum Gasteiger partial charge on any atom is -0.389 e. The second kappa shape index (κ2) is 5.26. The van der Waals surface area contributed by atoms with E-state index in [1.54, 1.807) is 16.9 Å². The Kier molecular flexibility index (Phi) is 3.90. The van der Waals surface area contributed by atoms with Crippen LogP contribution in [0.15, 0.2) is 24.4 Å². The van der Waals surface area contributed by atoms with Crippen molar-refractivity contribution in [3.05, 3.63) is 51.3 Å². The van der Waals surface area contributed by atoms with Gasteiger partial charge in [-0.25, -0.2) is 0 Å². The largest absolute Gasteiger partial charge is 0.389 e. The van der Waals surface area contributed by atoms with Crippen LogP contribution in [0.2, 0.25) is 10.0 Å². The Morgan fingerprint density at radius 2 is 2.11 bits per heavy atom. The molecule has 2 N–H and O–H groups in total. The number of nitrogens with zero attached hydrogens (tertiary/aromatic N) is 2. The van der Waals surface area contributed by atoms with E-state index in [0.717, 1.165) is 16.8 Å². The van der Waals surface area contributed by atoms with Crippen molar-refractivity contribution in [2.75, 3.05) is 0 Å². The maximum Gasteiger partial charge on any atom is 0.104 e. The van der Waals surface area contributed by atoms with Crippen molar-refractivity contribution in [1.82, 2.24) is 9.78 Å². The second-order valence-corrected chi connectivity index (χ2v) is 5.16. The van der Waals surface area contributed by atoms with Crippen LogP contribution in [0.25, 0.3) is 0 Å². The first-order valence-electron chi connectivity index (χ1n) is 5.25. The van der Waals surface area contributed by atoms with Crippen LogP contribution < -0.4 is 5.73 Å². The summed E-state index contributed by atoms with van der Waals surface area (Å²) < 4.78 is 1.80. The molecule has 2 aromatic rings. The van der Waals surface area contributed by atoms with Crippen LogP contribution in [0, 0.1) is 6.92 Å². The monoisotopic (exact) mass is 299 g/mol. The number of aromatic nitrogens is 2. The smallest absolute Gasteiger partial charge is 0.104 e. The summed E-state index contributed by atoms with van der Waals surface area (Å²) in [5, 5.41) is 5.45. The summed E-state index contributed by atoms with van der Waals surface area (Å²) in [5.41, 5.74) is 8.16. The van der Waals surface area contributed by atoms with Crippen LogP contribution in [0.3, 0.4) is 0 Å². The lowest BCUT2D eigenvalue weighted by molar-refractivity contribution is 0.665. The molecule has 0 aliphatic rings. The molecule has 1 heterocycles. The SMILES string of the molecule is Cc1c(Cl)cnn1Cc1ccc(C(N)=S)cc1Cl. The van der Waals surface area contributed by atoms with Gasteiger partial charge in [-0.1, -0.05) is 47.6 Å². The molecule has 94 valence electrons. The lowest BCUT2D eigenvalue weighted by atomic mass is 10.1. The van der Waals surface area contributed by atoms with E-state index >= 15 is 0 Å². The van der Waals surface area contributed by atoms with Gasteiger partial charge in [-0.15, -0.1) is 0 Å². The standard InChI is InChI=1S/C12H11Cl2N3S/c1-7-11(14)5-16-17(7)6-9-3-2-8(12(15)18)4-10(9)13/h2-5H,6H2,1H3,(H2,15,18). The first-order valence-corrected chi connectivity index (χ1v) is 6.41. The number of benzene rings is 1. The zero-order chi connectivity index (χ0) is 13.3. The molecule has 0 saturated heterocycles. The summed E-state index contributed by atoms with van der Waals surface area (Å²) in [4.78, 5) is 0.335. The first kappa shape index (κ1) is 13.3. The predicted octanol–water partition coefficient (Wildman–Crippen LogP) is 3.18. The average molecular weight is 300 g/mol. The van der Waals surface area contributed by atoms with Crippen molar-refractivity contribution in [1.29, 1.82) is 0 Å². The number of rotatable bonds is 3. The molecular weight excluding hydrogens is 289 g/mol. The molecule has 0 aliphatic carbocycles. The fraction of sp³-hybridized carbons (Fsp3) is 0.167. The van der Waals surface area contributed by atoms with Crippen molar-refractivity contribution < 1.29 is 0 Å². The van der Waals surface area contributed by atoms with Gasteiger partial charge in [0.15, 0.2) is 0 Å². The number of thiocarbonyl (C=S) groups is 1. The summed E-state index contributed by atoms with van der Waals surface area (Å²) >= 11 is 17.0. The fourth-order valence-electron chi connectivity index (χ4n) is 1.57. The van der Waals surface area contributed by atoms with E-state index in [-0.39, 0.29) is 0 Å². The van der Waals surface area contributed by atoms with Crippen molar-refractivity contribution in [2.45, 2.75) is 13.5 Å². The molecule has 1 aromatic heterocycles. The lowest BCUT2D eigenvalue weighted by Gasteiger charge is -2.08. The van der Waals surface area contributed by atoms with Gasteiger partial charge in [0.25, 0.3) is 0 Å². The van der Waals surface area contributed by atoms with E-state index in [1.165, 1.54) is 0 Å². The van der Waals surface area contributed by atoms with Crippen molar-refractivity contribution in [3.8, 4) is 0 Å². The highest BCUT2D eigenvalue weighted by atomic mass is 35.5. The third-order valence-corrected chi connectivity index (χ3v) is 3.66. The van der Waals surface area contributed by atoms with Gasteiger partial charge in [0, 0.05) is 10.6 Å². The highest BCUT2D eigenvalue weighted by Crippen LogP contribution is 2.21. The maximum absolute atomic E-state index is 6.19. The topological polar surface area (TPSA) is 43.8 Å². The van der Waals surface area contributed by atoms with E-state index in [2.05, 4.69) is 5.10 Å². The summed E-state index contributed by atoms with van der Waals surface area (Å²) in [5.74, 6) is 0. The van der Waals surface area contributed by atoms with Crippen molar-refractivity contribution >= 4 is 40.4 Å². The van der Waals surface area contributed by atoms with E-state index < -0.39 is 0 Å². The molecule has 3 nitrogen and oxygen atoms in total. The molecule has 2 rings (SSSR count). The first-order chi connectivity index (χ1) is 8.49. The molecule has 0 atom stereocenters. The van der Waals surface area contributed by atoms with Crippen LogP contribution >= 0.6 is 35.4 Å². The van der Waals surface area contributed by atoms with Gasteiger partial charge in [-0.3, -0.25) is 4.68 Å². The highest BCUT2D eigenvalue weighted by Gasteiger charge is 2.08. The zero-order valence-electron chi connectivity index (χ0n) is 9.65. The molecule has 0 radical (unpaired) electrons. The minimum absolute atomic E-state index is 0.335. The molecule has 18 heavy (non-hydrogen) atoms. The Bertz CT molecular complexity index is 607. The fourth-order valence-corrected chi connectivity index (χ4v) is 2.08. The molecule has 0 saturated carbocycles. The van der Waals surface area contributed by atoms with Gasteiger partial charge in [-0.05, 0) is 18.6 Å². The summed E-state index contributed by atoms with van der Waals surface area (Å²) in [6, 6.07) is 5.51. The maximum atomic E-state index is 6.19. The van der Waals surface area contributed by atoms with Crippen molar-refractivity contribution in [3.63, 3.8) is 0 Å². The summed E-state index contributed by atoms with van der Waals surface area (Å²) in [7, 11) is 0. The Labute approximate surface area is 120 Å². The average Bonchev–Trinajstić information content (AvgIpc) is 2.63. The Hall–Kier alpha value is -1.10. The Morgan fingerprint density at radius 3 is 2.61 bits per heavy atom. The van der Waals surface area contributed by atoms with Gasteiger partial charge in [0.2, 0.25) is 0 Å². The van der Waals surface area contributed by atoms with Gasteiger partial charge in [0.1, 0.15) is 4.99 Å². The molecule has 0 bridgehead atoms. The second-order valence-electron chi connectivity index (χ2n) is 3.91. The van der Waals surface area contributed by atoms with E-state index in [4.69, 9.17) is 41.2 Å². The Morgan fingerprint density at radius 1 is 1.39 bits per heavy atom. The van der Waals surface area contributed by atoms with Crippen LogP contribution in [0.1, 0.15) is 16.8 Å². The molecular formula is C12H11Cl2N3S. The molecule has 0 amide bonds. The normalized spacial score (nSPS) is 10.6. The molecule has 0 aliphatic heterocycles. The van der Waals surface area contributed by atoms with Gasteiger partial charge < -0.3 is 5.73 Å². The van der Waals surface area contributed by atoms with Crippen molar-refractivity contribution in [2.24, 2.45) is 5.73 Å². The zero-order valence-corrected chi connectivity index (χ0v) is 12.0. The predicted molar refractivity (Wildman–Crippen MR) is 78.4 cm³/mol. The van der Waals surface area contributed by atoms with Crippen LogP contribution in [-0.4, -0.2) is 14.8 Å².